The van der Waals surface area contributed by atoms with E-state index in [9.17, 15) is 10.1 Å². The molecule has 1 N–H and O–H groups in total. The maximum atomic E-state index is 11.3. The van der Waals surface area contributed by atoms with Gasteiger partial charge in [-0.2, -0.15) is 5.26 Å². The van der Waals surface area contributed by atoms with Crippen molar-refractivity contribution in [2.75, 3.05) is 5.32 Å². The van der Waals surface area contributed by atoms with Gasteiger partial charge in [0.15, 0.2) is 0 Å². The Hall–Kier alpha value is -3.69. The van der Waals surface area contributed by atoms with Crippen molar-refractivity contribution < 1.29 is 4.42 Å². The normalized spacial score (nSPS) is 11.4. The van der Waals surface area contributed by atoms with Crippen LogP contribution in [0.2, 0.25) is 0 Å². The third kappa shape index (κ3) is 3.70. The van der Waals surface area contributed by atoms with E-state index >= 15 is 0 Å². The van der Waals surface area contributed by atoms with E-state index in [0.717, 1.165) is 22.3 Å². The van der Waals surface area contributed by atoms with Crippen molar-refractivity contribution in [2.24, 2.45) is 0 Å². The lowest BCUT2D eigenvalue weighted by atomic mass is 10.1. The van der Waals surface area contributed by atoms with Crippen molar-refractivity contribution in [3.8, 4) is 17.3 Å². The lowest BCUT2D eigenvalue weighted by Crippen LogP contribution is -1.95. The molecule has 0 aliphatic carbocycles. The number of thiazole rings is 1. The average molecular weight is 385 g/mol. The maximum Gasteiger partial charge on any atom is 0.336 e. The predicted octanol–water partition coefficient (Wildman–Crippen LogP) is 5.20. The van der Waals surface area contributed by atoms with Crippen LogP contribution in [0.4, 0.5) is 5.69 Å². The molecule has 5 nitrogen and oxygen atoms in total. The van der Waals surface area contributed by atoms with Crippen LogP contribution in [0.5, 0.6) is 0 Å². The molecule has 0 aliphatic heterocycles. The second kappa shape index (κ2) is 7.51. The average Bonchev–Trinajstić information content (AvgIpc) is 3.19. The van der Waals surface area contributed by atoms with Gasteiger partial charge in [-0.25, -0.2) is 9.78 Å². The Balaban J connectivity index is 1.58. The van der Waals surface area contributed by atoms with E-state index in [1.54, 1.807) is 24.4 Å². The summed E-state index contributed by atoms with van der Waals surface area (Å²) in [6.45, 7) is 2.04. The highest BCUT2D eigenvalue weighted by Gasteiger charge is 2.09. The molecule has 6 heteroatoms. The van der Waals surface area contributed by atoms with E-state index in [4.69, 9.17) is 4.42 Å². The van der Waals surface area contributed by atoms with E-state index in [1.807, 2.05) is 42.6 Å². The Morgan fingerprint density at radius 1 is 1.18 bits per heavy atom. The van der Waals surface area contributed by atoms with Gasteiger partial charge in [-0.3, -0.25) is 0 Å². The number of hydrogen-bond acceptors (Lipinski definition) is 6. The van der Waals surface area contributed by atoms with Crippen molar-refractivity contribution in [1.82, 2.24) is 4.98 Å². The van der Waals surface area contributed by atoms with Crippen LogP contribution in [0.25, 0.3) is 27.8 Å². The standard InChI is InChI=1S/C22H15N3O2S/c1-14-2-4-15(5-3-14)19-13-28-22(25-19)17(11-23)12-24-18-7-8-20-16(10-18)6-9-21(26)27-20/h2-10,12-13,24H,1H3/b17-12+. The molecule has 4 aromatic rings. The number of fused-ring (bicyclic) bond motifs is 1. The highest BCUT2D eigenvalue weighted by atomic mass is 32.1. The molecule has 0 unspecified atom stereocenters. The molecule has 2 aromatic heterocycles. The van der Waals surface area contributed by atoms with Crippen molar-refractivity contribution in [1.29, 1.82) is 5.26 Å². The quantitative estimate of drug-likeness (QED) is 0.386. The van der Waals surface area contributed by atoms with E-state index in [1.165, 1.54) is 23.0 Å². The Morgan fingerprint density at radius 2 is 2.00 bits per heavy atom. The summed E-state index contributed by atoms with van der Waals surface area (Å²) in [5.41, 5.74) is 4.43. The Bertz CT molecular complexity index is 1280. The van der Waals surface area contributed by atoms with Gasteiger partial charge in [0.2, 0.25) is 0 Å². The van der Waals surface area contributed by atoms with E-state index in [-0.39, 0.29) is 5.63 Å². The zero-order valence-corrected chi connectivity index (χ0v) is 15.8. The number of nitriles is 1. The van der Waals surface area contributed by atoms with Crippen molar-refractivity contribution in [3.63, 3.8) is 0 Å². The van der Waals surface area contributed by atoms with Crippen LogP contribution in [0.3, 0.4) is 0 Å². The molecular weight excluding hydrogens is 370 g/mol. The van der Waals surface area contributed by atoms with Gasteiger partial charge in [0.1, 0.15) is 22.2 Å². The molecule has 0 aliphatic rings. The van der Waals surface area contributed by atoms with Crippen LogP contribution in [0, 0.1) is 18.3 Å². The highest BCUT2D eigenvalue weighted by molar-refractivity contribution is 7.11. The molecule has 4 rings (SSSR count). The minimum atomic E-state index is -0.381. The second-order valence-electron chi connectivity index (χ2n) is 6.23. The molecule has 2 heterocycles. The first kappa shape index (κ1) is 17.7. The Kier molecular flexibility index (Phi) is 4.75. The molecule has 28 heavy (non-hydrogen) atoms. The van der Waals surface area contributed by atoms with E-state index < -0.39 is 0 Å². The summed E-state index contributed by atoms with van der Waals surface area (Å²) in [6, 6.07) is 18.8. The molecule has 0 spiro atoms. The minimum absolute atomic E-state index is 0.381. The number of aryl methyl sites for hydroxylation is 1. The van der Waals surface area contributed by atoms with Crippen LogP contribution >= 0.6 is 11.3 Å². The fraction of sp³-hybridized carbons (Fsp3) is 0.0455. The topological polar surface area (TPSA) is 78.9 Å². The summed E-state index contributed by atoms with van der Waals surface area (Å²) in [7, 11) is 0. The second-order valence-corrected chi connectivity index (χ2v) is 7.08. The summed E-state index contributed by atoms with van der Waals surface area (Å²) < 4.78 is 5.13. The number of rotatable bonds is 4. The van der Waals surface area contributed by atoms with Crippen LogP contribution in [-0.2, 0) is 0 Å². The number of allylic oxidation sites excluding steroid dienone is 1. The molecule has 0 radical (unpaired) electrons. The van der Waals surface area contributed by atoms with Gasteiger partial charge in [0.25, 0.3) is 0 Å². The molecule has 0 saturated heterocycles. The smallest absolute Gasteiger partial charge is 0.336 e. The molecular formula is C22H15N3O2S. The molecule has 0 saturated carbocycles. The summed E-state index contributed by atoms with van der Waals surface area (Å²) in [4.78, 5) is 15.9. The van der Waals surface area contributed by atoms with Crippen molar-refractivity contribution in [2.45, 2.75) is 6.92 Å². The third-order valence-corrected chi connectivity index (χ3v) is 5.08. The first-order valence-electron chi connectivity index (χ1n) is 8.56. The van der Waals surface area contributed by atoms with Gasteiger partial charge < -0.3 is 9.73 Å². The first-order chi connectivity index (χ1) is 13.6. The summed E-state index contributed by atoms with van der Waals surface area (Å²) in [5, 5.41) is 16.1. The predicted molar refractivity (Wildman–Crippen MR) is 112 cm³/mol. The summed E-state index contributed by atoms with van der Waals surface area (Å²) in [5.74, 6) is 0. The van der Waals surface area contributed by atoms with Gasteiger partial charge in [-0.1, -0.05) is 29.8 Å². The lowest BCUT2D eigenvalue weighted by molar-refractivity contribution is 0.561. The number of anilines is 1. The Labute approximate surface area is 165 Å². The van der Waals surface area contributed by atoms with Crippen molar-refractivity contribution >= 4 is 33.6 Å². The first-order valence-corrected chi connectivity index (χ1v) is 9.44. The summed E-state index contributed by atoms with van der Waals surface area (Å²) in [6.07, 6.45) is 1.64. The molecule has 0 atom stereocenters. The van der Waals surface area contributed by atoms with Crippen LogP contribution < -0.4 is 10.9 Å². The van der Waals surface area contributed by atoms with Gasteiger partial charge in [0, 0.05) is 34.3 Å². The fourth-order valence-corrected chi connectivity index (χ4v) is 3.51. The molecule has 0 fully saturated rings. The number of nitrogens with zero attached hydrogens (tertiary/aromatic N) is 2. The van der Waals surface area contributed by atoms with Crippen LogP contribution in [0.15, 0.2) is 75.4 Å². The van der Waals surface area contributed by atoms with Crippen LogP contribution in [-0.4, -0.2) is 4.98 Å². The number of hydrogen-bond donors (Lipinski definition) is 1. The minimum Gasteiger partial charge on any atom is -0.423 e. The largest absolute Gasteiger partial charge is 0.423 e. The highest BCUT2D eigenvalue weighted by Crippen LogP contribution is 2.26. The lowest BCUT2D eigenvalue weighted by Gasteiger charge is -2.03. The van der Waals surface area contributed by atoms with Gasteiger partial charge in [0.05, 0.1) is 5.69 Å². The Morgan fingerprint density at radius 3 is 2.79 bits per heavy atom. The number of aromatic nitrogens is 1. The molecule has 0 amide bonds. The SMILES string of the molecule is Cc1ccc(-c2csc(/C(C#N)=C/Nc3ccc4oc(=O)ccc4c3)n2)cc1. The van der Waals surface area contributed by atoms with Gasteiger partial charge in [-0.05, 0) is 31.2 Å². The monoisotopic (exact) mass is 385 g/mol. The summed E-state index contributed by atoms with van der Waals surface area (Å²) >= 11 is 1.43. The zero-order chi connectivity index (χ0) is 19.5. The van der Waals surface area contributed by atoms with Gasteiger partial charge >= 0.3 is 5.63 Å². The van der Waals surface area contributed by atoms with Gasteiger partial charge in [-0.15, -0.1) is 11.3 Å². The number of nitrogens with one attached hydrogen (secondary N) is 1. The van der Waals surface area contributed by atoms with E-state index in [2.05, 4.69) is 16.4 Å². The number of benzene rings is 2. The third-order valence-electron chi connectivity index (χ3n) is 4.20. The molecule has 136 valence electrons. The van der Waals surface area contributed by atoms with E-state index in [0.29, 0.717) is 16.2 Å². The fourth-order valence-electron chi connectivity index (χ4n) is 2.71. The maximum absolute atomic E-state index is 11.3. The molecule has 0 bridgehead atoms. The van der Waals surface area contributed by atoms with Crippen LogP contribution in [0.1, 0.15) is 10.6 Å². The van der Waals surface area contributed by atoms with Crippen molar-refractivity contribution in [3.05, 3.63) is 87.2 Å². The molecule has 2 aromatic carbocycles. The zero-order valence-electron chi connectivity index (χ0n) is 15.0.